The van der Waals surface area contributed by atoms with Gasteiger partial charge in [-0.3, -0.25) is 9.59 Å². The van der Waals surface area contributed by atoms with Crippen LogP contribution in [0, 0.1) is 0 Å². The van der Waals surface area contributed by atoms with Gasteiger partial charge in [0.2, 0.25) is 0 Å². The summed E-state index contributed by atoms with van der Waals surface area (Å²) in [6.07, 6.45) is 0.756. The Morgan fingerprint density at radius 1 is 1.12 bits per heavy atom. The number of hydrogen-bond acceptors (Lipinski definition) is 2. The largest absolute Gasteiger partial charge is 0.481 e. The van der Waals surface area contributed by atoms with Crippen molar-refractivity contribution in [2.75, 3.05) is 0 Å². The number of rotatable bonds is 3. The molecule has 1 N–H and O–H groups in total. The van der Waals surface area contributed by atoms with Crippen LogP contribution in [-0.2, 0) is 11.2 Å². The number of carbonyl (C=O) groups is 2. The van der Waals surface area contributed by atoms with Crippen LogP contribution in [0.1, 0.15) is 15.9 Å². The van der Waals surface area contributed by atoms with Gasteiger partial charge in [0.15, 0.2) is 6.29 Å². The summed E-state index contributed by atoms with van der Waals surface area (Å²) in [4.78, 5) is 21.5. The number of carbonyl (C=O) groups excluding carboxylic acids is 1. The van der Waals surface area contributed by atoms with Gasteiger partial charge in [-0.15, -0.1) is 0 Å². The molecule has 0 amide bonds. The molecule has 0 saturated carbocycles. The summed E-state index contributed by atoms with van der Waals surface area (Å²) in [6, 6.07) is 10.7. The molecular formula is C13H10O3. The van der Waals surface area contributed by atoms with Crippen LogP contribution < -0.4 is 0 Å². The van der Waals surface area contributed by atoms with Crippen LogP contribution in [0.2, 0.25) is 0 Å². The second-order valence-corrected chi connectivity index (χ2v) is 3.55. The Morgan fingerprint density at radius 2 is 1.81 bits per heavy atom. The SMILES string of the molecule is O=Cc1ccc(CC(=O)O)c2ccccc12. The normalized spacial score (nSPS) is 10.2. The molecule has 0 fully saturated rings. The van der Waals surface area contributed by atoms with Crippen molar-refractivity contribution >= 4 is 23.0 Å². The average molecular weight is 214 g/mol. The molecule has 0 saturated heterocycles. The van der Waals surface area contributed by atoms with E-state index in [0.29, 0.717) is 5.56 Å². The van der Waals surface area contributed by atoms with Crippen molar-refractivity contribution in [2.45, 2.75) is 6.42 Å². The van der Waals surface area contributed by atoms with Gasteiger partial charge < -0.3 is 5.11 Å². The van der Waals surface area contributed by atoms with Gasteiger partial charge in [0.25, 0.3) is 0 Å². The van der Waals surface area contributed by atoms with Crippen LogP contribution in [-0.4, -0.2) is 17.4 Å². The first-order valence-electron chi connectivity index (χ1n) is 4.90. The molecule has 0 aliphatic carbocycles. The number of aliphatic carboxylic acids is 1. The summed E-state index contributed by atoms with van der Waals surface area (Å²) >= 11 is 0. The maximum atomic E-state index is 10.8. The zero-order chi connectivity index (χ0) is 11.5. The van der Waals surface area contributed by atoms with E-state index in [2.05, 4.69) is 0 Å². The maximum absolute atomic E-state index is 10.8. The molecular weight excluding hydrogens is 204 g/mol. The Balaban J connectivity index is 2.69. The lowest BCUT2D eigenvalue weighted by molar-refractivity contribution is -0.136. The molecule has 0 aliphatic rings. The lowest BCUT2D eigenvalue weighted by atomic mass is 9.98. The second-order valence-electron chi connectivity index (χ2n) is 3.55. The summed E-state index contributed by atoms with van der Waals surface area (Å²) in [6.45, 7) is 0. The van der Waals surface area contributed by atoms with Crippen LogP contribution in [0.4, 0.5) is 0 Å². The highest BCUT2D eigenvalue weighted by atomic mass is 16.4. The first-order chi connectivity index (χ1) is 7.72. The summed E-state index contributed by atoms with van der Waals surface area (Å²) in [5.74, 6) is -0.871. The fourth-order valence-corrected chi connectivity index (χ4v) is 1.80. The standard InChI is InChI=1S/C13H10O3/c14-8-10-6-5-9(7-13(15)16)11-3-1-2-4-12(10)11/h1-6,8H,7H2,(H,15,16). The molecule has 0 aliphatic heterocycles. The van der Waals surface area contributed by atoms with Crippen molar-refractivity contribution in [3.05, 3.63) is 47.5 Å². The van der Waals surface area contributed by atoms with Gasteiger partial charge in [0.05, 0.1) is 6.42 Å². The number of carboxylic acids is 1. The van der Waals surface area contributed by atoms with Gasteiger partial charge in [-0.25, -0.2) is 0 Å². The van der Waals surface area contributed by atoms with Gasteiger partial charge >= 0.3 is 5.97 Å². The highest BCUT2D eigenvalue weighted by Gasteiger charge is 2.07. The number of benzene rings is 2. The van der Waals surface area contributed by atoms with Gasteiger partial charge in [-0.05, 0) is 16.3 Å². The molecule has 3 heteroatoms. The first-order valence-corrected chi connectivity index (χ1v) is 4.90. The summed E-state index contributed by atoms with van der Waals surface area (Å²) in [7, 11) is 0. The summed E-state index contributed by atoms with van der Waals surface area (Å²) in [5.41, 5.74) is 1.32. The van der Waals surface area contributed by atoms with Crippen LogP contribution in [0.15, 0.2) is 36.4 Å². The van der Waals surface area contributed by atoms with E-state index in [0.717, 1.165) is 22.6 Å². The third kappa shape index (κ3) is 1.80. The number of fused-ring (bicyclic) bond motifs is 1. The third-order valence-electron chi connectivity index (χ3n) is 2.52. The molecule has 0 radical (unpaired) electrons. The molecule has 0 unspecified atom stereocenters. The Labute approximate surface area is 92.3 Å². The van der Waals surface area contributed by atoms with Crippen LogP contribution in [0.3, 0.4) is 0 Å². The summed E-state index contributed by atoms with van der Waals surface area (Å²) in [5, 5.41) is 10.4. The Kier molecular flexibility index (Phi) is 2.68. The molecule has 0 spiro atoms. The fourth-order valence-electron chi connectivity index (χ4n) is 1.80. The zero-order valence-corrected chi connectivity index (χ0v) is 8.51. The van der Waals surface area contributed by atoms with Crippen molar-refractivity contribution in [3.63, 3.8) is 0 Å². The molecule has 80 valence electrons. The minimum Gasteiger partial charge on any atom is -0.481 e. The van der Waals surface area contributed by atoms with Gasteiger partial charge in [-0.1, -0.05) is 36.4 Å². The van der Waals surface area contributed by atoms with Crippen molar-refractivity contribution in [1.82, 2.24) is 0 Å². The molecule has 0 atom stereocenters. The van der Waals surface area contributed by atoms with E-state index < -0.39 is 5.97 Å². The lowest BCUT2D eigenvalue weighted by Gasteiger charge is -2.06. The molecule has 2 aromatic carbocycles. The zero-order valence-electron chi connectivity index (χ0n) is 8.51. The van der Waals surface area contributed by atoms with Crippen molar-refractivity contribution in [1.29, 1.82) is 0 Å². The molecule has 0 heterocycles. The highest BCUT2D eigenvalue weighted by molar-refractivity contribution is 6.00. The minimum absolute atomic E-state index is 0.0281. The lowest BCUT2D eigenvalue weighted by Crippen LogP contribution is -2.01. The van der Waals surface area contributed by atoms with E-state index in [1.54, 1.807) is 12.1 Å². The summed E-state index contributed by atoms with van der Waals surface area (Å²) < 4.78 is 0. The first kappa shape index (κ1) is 10.4. The van der Waals surface area contributed by atoms with Crippen LogP contribution in [0.25, 0.3) is 10.8 Å². The number of aldehydes is 1. The van der Waals surface area contributed by atoms with E-state index in [4.69, 9.17) is 5.11 Å². The van der Waals surface area contributed by atoms with Crippen LogP contribution in [0.5, 0.6) is 0 Å². The van der Waals surface area contributed by atoms with E-state index in [9.17, 15) is 9.59 Å². The fraction of sp³-hybridized carbons (Fsp3) is 0.0769. The predicted octanol–water partition coefficient (Wildman–Crippen LogP) is 2.28. The Bertz CT molecular complexity index is 558. The molecule has 0 aromatic heterocycles. The van der Waals surface area contributed by atoms with E-state index in [-0.39, 0.29) is 6.42 Å². The number of carboxylic acid groups (broad SMARTS) is 1. The molecule has 2 rings (SSSR count). The van der Waals surface area contributed by atoms with Crippen molar-refractivity contribution in [3.8, 4) is 0 Å². The van der Waals surface area contributed by atoms with Crippen molar-refractivity contribution < 1.29 is 14.7 Å². The van der Waals surface area contributed by atoms with Gasteiger partial charge in [-0.2, -0.15) is 0 Å². The molecule has 0 bridgehead atoms. The smallest absolute Gasteiger partial charge is 0.307 e. The van der Waals surface area contributed by atoms with E-state index in [1.165, 1.54) is 0 Å². The third-order valence-corrected chi connectivity index (χ3v) is 2.52. The minimum atomic E-state index is -0.871. The highest BCUT2D eigenvalue weighted by Crippen LogP contribution is 2.22. The quantitative estimate of drug-likeness (QED) is 0.797. The second kappa shape index (κ2) is 4.14. The Morgan fingerprint density at radius 3 is 2.44 bits per heavy atom. The van der Waals surface area contributed by atoms with Crippen LogP contribution >= 0.6 is 0 Å². The average Bonchev–Trinajstić information content (AvgIpc) is 2.29. The topological polar surface area (TPSA) is 54.4 Å². The molecule has 16 heavy (non-hydrogen) atoms. The predicted molar refractivity (Wildman–Crippen MR) is 60.7 cm³/mol. The molecule has 3 nitrogen and oxygen atoms in total. The Hall–Kier alpha value is -2.16. The van der Waals surface area contributed by atoms with E-state index >= 15 is 0 Å². The monoisotopic (exact) mass is 214 g/mol. The van der Waals surface area contributed by atoms with E-state index in [1.807, 2.05) is 24.3 Å². The molecule has 2 aromatic rings. The van der Waals surface area contributed by atoms with Gasteiger partial charge in [0.1, 0.15) is 0 Å². The van der Waals surface area contributed by atoms with Gasteiger partial charge in [0, 0.05) is 5.56 Å². The number of hydrogen-bond donors (Lipinski definition) is 1. The van der Waals surface area contributed by atoms with Crippen molar-refractivity contribution in [2.24, 2.45) is 0 Å². The maximum Gasteiger partial charge on any atom is 0.307 e.